The zero-order chi connectivity index (χ0) is 24.6. The fourth-order valence-electron chi connectivity index (χ4n) is 4.17. The Kier molecular flexibility index (Phi) is 6.43. The summed E-state index contributed by atoms with van der Waals surface area (Å²) in [6, 6.07) is 9.20. The number of halogens is 3. The van der Waals surface area contributed by atoms with E-state index in [-0.39, 0.29) is 35.9 Å². The van der Waals surface area contributed by atoms with Crippen LogP contribution in [0.5, 0.6) is 5.75 Å². The van der Waals surface area contributed by atoms with E-state index in [4.69, 9.17) is 17.3 Å². The summed E-state index contributed by atoms with van der Waals surface area (Å²) in [5.74, 6) is -2.51. The number of phenols is 1. The summed E-state index contributed by atoms with van der Waals surface area (Å²) in [7, 11) is 0. The number of alkyl halides is 1. The maximum Gasteiger partial charge on any atom is 0.273 e. The first-order valence-corrected chi connectivity index (χ1v) is 10.8. The molecule has 0 unspecified atom stereocenters. The summed E-state index contributed by atoms with van der Waals surface area (Å²) in [5, 5.41) is 10.6. The fraction of sp³-hybridized carbons (Fsp3) is 0.261. The van der Waals surface area contributed by atoms with Crippen LogP contribution in [0.1, 0.15) is 22.3 Å². The molecule has 0 bridgehead atoms. The molecular formula is C23H21ClF2N4O4. The highest BCUT2D eigenvalue weighted by Gasteiger charge is 2.42. The van der Waals surface area contributed by atoms with Crippen molar-refractivity contribution in [2.24, 2.45) is 5.73 Å². The van der Waals surface area contributed by atoms with Gasteiger partial charge >= 0.3 is 0 Å². The predicted molar refractivity (Wildman–Crippen MR) is 120 cm³/mol. The molecule has 8 nitrogen and oxygen atoms in total. The number of fused-ring (bicyclic) bond motifs is 1. The van der Waals surface area contributed by atoms with Crippen LogP contribution in [-0.4, -0.2) is 56.2 Å². The van der Waals surface area contributed by atoms with E-state index in [0.717, 1.165) is 4.90 Å². The summed E-state index contributed by atoms with van der Waals surface area (Å²) in [6.45, 7) is -1.14. The predicted octanol–water partition coefficient (Wildman–Crippen LogP) is 2.95. The van der Waals surface area contributed by atoms with Crippen molar-refractivity contribution in [2.75, 3.05) is 6.54 Å². The molecule has 178 valence electrons. The first-order chi connectivity index (χ1) is 16.1. The van der Waals surface area contributed by atoms with Crippen LogP contribution in [0.2, 0.25) is 5.02 Å². The minimum atomic E-state index is -1.50. The van der Waals surface area contributed by atoms with Crippen LogP contribution in [0, 0.1) is 0 Å². The second-order valence-electron chi connectivity index (χ2n) is 8.12. The number of nitrogens with zero attached hydrogens (tertiary/aromatic N) is 3. The van der Waals surface area contributed by atoms with Crippen LogP contribution in [0.15, 0.2) is 48.7 Å². The third-order valence-corrected chi connectivity index (χ3v) is 5.98. The number of phenolic OH excluding ortho intramolecular Hbond substituents is 1. The number of nitrogens with two attached hydrogens (primary N) is 1. The van der Waals surface area contributed by atoms with E-state index in [2.05, 4.69) is 0 Å². The third-order valence-electron chi connectivity index (χ3n) is 5.74. The van der Waals surface area contributed by atoms with Crippen molar-refractivity contribution in [3.8, 4) is 5.75 Å². The van der Waals surface area contributed by atoms with E-state index in [0.29, 0.717) is 21.5 Å². The van der Waals surface area contributed by atoms with Gasteiger partial charge in [0, 0.05) is 29.1 Å². The van der Waals surface area contributed by atoms with Crippen LogP contribution >= 0.6 is 11.6 Å². The normalized spacial score (nSPS) is 17.8. The lowest BCUT2D eigenvalue weighted by Crippen LogP contribution is -2.46. The number of rotatable bonds is 6. The smallest absolute Gasteiger partial charge is 0.273 e. The minimum Gasteiger partial charge on any atom is -0.508 e. The van der Waals surface area contributed by atoms with Crippen LogP contribution in [0.4, 0.5) is 8.87 Å². The van der Waals surface area contributed by atoms with E-state index in [1.807, 2.05) is 0 Å². The third kappa shape index (κ3) is 4.67. The van der Waals surface area contributed by atoms with E-state index >= 15 is 0 Å². The van der Waals surface area contributed by atoms with Gasteiger partial charge in [-0.2, -0.15) is 5.12 Å². The van der Waals surface area contributed by atoms with Crippen LogP contribution in [-0.2, 0) is 22.7 Å². The largest absolute Gasteiger partial charge is 0.508 e. The van der Waals surface area contributed by atoms with Crippen molar-refractivity contribution in [1.82, 2.24) is 14.6 Å². The van der Waals surface area contributed by atoms with Crippen molar-refractivity contribution in [3.05, 3.63) is 64.8 Å². The number of benzene rings is 2. The molecule has 2 atom stereocenters. The molecule has 0 radical (unpaired) electrons. The van der Waals surface area contributed by atoms with Gasteiger partial charge in [0.15, 0.2) is 0 Å². The molecule has 1 saturated heterocycles. The van der Waals surface area contributed by atoms with Gasteiger partial charge in [0.2, 0.25) is 5.91 Å². The van der Waals surface area contributed by atoms with Gasteiger partial charge in [0.1, 0.15) is 24.5 Å². The lowest BCUT2D eigenvalue weighted by atomic mass is 10.1. The summed E-state index contributed by atoms with van der Waals surface area (Å²) < 4.78 is 30.3. The molecule has 0 spiro atoms. The standard InChI is InChI=1S/C23H21ClF2N4O4/c24-14-3-1-2-13(6-14)9-30(26)23(34)20-7-15(25)10-29(20)21(32)12-28-11-18(22(27)33)17-5-4-16(31)8-19(17)28/h1-6,8,11,15,20,31H,7,9-10,12H2,(H2,27,33)/t15-,20+/m1/s1. The van der Waals surface area contributed by atoms with Gasteiger partial charge in [-0.1, -0.05) is 28.2 Å². The average Bonchev–Trinajstić information content (AvgIpc) is 3.34. The number of likely N-dealkylation sites (tertiary alicyclic amines) is 1. The van der Waals surface area contributed by atoms with Crippen molar-refractivity contribution in [1.29, 1.82) is 0 Å². The lowest BCUT2D eigenvalue weighted by molar-refractivity contribution is -0.156. The number of hydrogen-bond donors (Lipinski definition) is 2. The molecule has 0 aliphatic carbocycles. The Balaban J connectivity index is 1.55. The number of primary amides is 1. The summed E-state index contributed by atoms with van der Waals surface area (Å²) >= 11 is 5.89. The number of carbonyl (C=O) groups is 3. The average molecular weight is 491 g/mol. The zero-order valence-corrected chi connectivity index (χ0v) is 18.6. The van der Waals surface area contributed by atoms with Crippen LogP contribution < -0.4 is 5.73 Å². The highest BCUT2D eigenvalue weighted by molar-refractivity contribution is 6.30. The van der Waals surface area contributed by atoms with Gasteiger partial charge in [-0.25, -0.2) is 4.39 Å². The number of carbonyl (C=O) groups excluding carboxylic acids is 3. The van der Waals surface area contributed by atoms with E-state index in [9.17, 15) is 28.4 Å². The zero-order valence-electron chi connectivity index (χ0n) is 17.8. The summed E-state index contributed by atoms with van der Waals surface area (Å²) in [4.78, 5) is 38.6. The van der Waals surface area contributed by atoms with Crippen molar-refractivity contribution in [3.63, 3.8) is 0 Å². The molecule has 3 amide bonds. The molecule has 11 heteroatoms. The summed E-state index contributed by atoms with van der Waals surface area (Å²) in [6.07, 6.45) is -0.477. The molecular weight excluding hydrogens is 470 g/mol. The van der Waals surface area contributed by atoms with Crippen molar-refractivity contribution < 1.29 is 28.4 Å². The Morgan fingerprint density at radius 3 is 2.68 bits per heavy atom. The van der Waals surface area contributed by atoms with E-state index in [1.54, 1.807) is 18.2 Å². The molecule has 2 aromatic carbocycles. The number of aromatic hydroxyl groups is 1. The van der Waals surface area contributed by atoms with Gasteiger partial charge in [-0.3, -0.25) is 14.4 Å². The van der Waals surface area contributed by atoms with Crippen LogP contribution in [0.3, 0.4) is 0 Å². The van der Waals surface area contributed by atoms with Gasteiger partial charge in [0.25, 0.3) is 11.8 Å². The molecule has 34 heavy (non-hydrogen) atoms. The molecule has 1 aromatic heterocycles. The van der Waals surface area contributed by atoms with E-state index < -0.39 is 36.5 Å². The molecule has 3 aromatic rings. The molecule has 2 heterocycles. The first kappa shape index (κ1) is 23.5. The summed E-state index contributed by atoms with van der Waals surface area (Å²) in [5.41, 5.74) is 6.34. The highest BCUT2D eigenvalue weighted by Crippen LogP contribution is 2.27. The Labute approximate surface area is 198 Å². The topological polar surface area (TPSA) is 109 Å². The second kappa shape index (κ2) is 9.30. The van der Waals surface area contributed by atoms with Gasteiger partial charge in [-0.05, 0) is 29.8 Å². The monoisotopic (exact) mass is 490 g/mol. The maximum atomic E-state index is 14.7. The number of hydrogen-bond acceptors (Lipinski definition) is 4. The lowest BCUT2D eigenvalue weighted by Gasteiger charge is -2.25. The molecule has 1 fully saturated rings. The number of aromatic nitrogens is 1. The molecule has 3 N–H and O–H groups in total. The molecule has 4 rings (SSSR count). The Hall–Kier alpha value is -3.66. The highest BCUT2D eigenvalue weighted by atomic mass is 35.5. The Morgan fingerprint density at radius 1 is 1.21 bits per heavy atom. The number of amides is 3. The fourth-order valence-corrected chi connectivity index (χ4v) is 4.39. The van der Waals surface area contributed by atoms with Gasteiger partial charge in [-0.15, -0.1) is 0 Å². The Bertz CT molecular complexity index is 1280. The second-order valence-corrected chi connectivity index (χ2v) is 8.56. The van der Waals surface area contributed by atoms with Crippen LogP contribution in [0.25, 0.3) is 10.9 Å². The van der Waals surface area contributed by atoms with E-state index in [1.165, 1.54) is 35.0 Å². The maximum absolute atomic E-state index is 14.7. The minimum absolute atomic E-state index is 0.0526. The SMILES string of the molecule is NC(=O)c1cn(CC(=O)N2C[C@H](F)C[C@H]2C(=O)N(F)Cc2cccc(Cl)c2)c2cc(O)ccc12. The molecule has 0 saturated carbocycles. The van der Waals surface area contributed by atoms with Gasteiger partial charge in [0.05, 0.1) is 24.2 Å². The Morgan fingerprint density at radius 2 is 1.97 bits per heavy atom. The first-order valence-electron chi connectivity index (χ1n) is 10.4. The van der Waals surface area contributed by atoms with Gasteiger partial charge < -0.3 is 20.3 Å². The quantitative estimate of drug-likeness (QED) is 0.518. The molecule has 1 aliphatic heterocycles. The van der Waals surface area contributed by atoms with Crippen molar-refractivity contribution in [2.45, 2.75) is 31.7 Å². The molecule has 1 aliphatic rings. The van der Waals surface area contributed by atoms with Crippen molar-refractivity contribution >= 4 is 40.2 Å².